The summed E-state index contributed by atoms with van der Waals surface area (Å²) in [5.74, 6) is 0.926. The van der Waals surface area contributed by atoms with Gasteiger partial charge in [0.25, 0.3) is 0 Å². The van der Waals surface area contributed by atoms with Crippen LogP contribution in [0, 0.1) is 5.92 Å². The van der Waals surface area contributed by atoms with E-state index in [1.807, 2.05) is 0 Å². The molecular weight excluding hydrogens is 316 g/mol. The summed E-state index contributed by atoms with van der Waals surface area (Å²) >= 11 is 0. The smallest absolute Gasteiger partial charge is 0.0283 e. The highest BCUT2D eigenvalue weighted by atomic mass is 15.3. The van der Waals surface area contributed by atoms with Gasteiger partial charge in [-0.25, -0.2) is 0 Å². The zero-order valence-electron chi connectivity index (χ0n) is 15.9. The Morgan fingerprint density at radius 1 is 0.769 bits per heavy atom. The summed E-state index contributed by atoms with van der Waals surface area (Å²) in [6, 6.07) is 17.5. The van der Waals surface area contributed by atoms with E-state index < -0.39 is 0 Å². The Balaban J connectivity index is 1.41. The zero-order valence-corrected chi connectivity index (χ0v) is 15.9. The third-order valence-electron chi connectivity index (χ3n) is 7.24. The van der Waals surface area contributed by atoms with Crippen LogP contribution in [0.3, 0.4) is 0 Å². The minimum Gasteiger partial charge on any atom is -0.298 e. The molecule has 5 rings (SSSR count). The fraction of sp³-hybridized carbons (Fsp3) is 0.583. The molecule has 2 atom stereocenters. The Kier molecular flexibility index (Phi) is 4.72. The molecule has 3 fully saturated rings. The maximum absolute atomic E-state index is 2.87. The Labute approximate surface area is 158 Å². The van der Waals surface area contributed by atoms with Gasteiger partial charge in [-0.05, 0) is 60.5 Å². The monoisotopic (exact) mass is 348 g/mol. The van der Waals surface area contributed by atoms with E-state index in [1.54, 1.807) is 0 Å². The zero-order chi connectivity index (χ0) is 17.3. The van der Waals surface area contributed by atoms with Crippen LogP contribution in [-0.2, 0) is 6.54 Å². The molecule has 2 nitrogen and oxygen atoms in total. The summed E-state index contributed by atoms with van der Waals surface area (Å²) < 4.78 is 0. The lowest BCUT2D eigenvalue weighted by Crippen LogP contribution is -2.59. The van der Waals surface area contributed by atoms with Gasteiger partial charge in [-0.3, -0.25) is 9.80 Å². The summed E-state index contributed by atoms with van der Waals surface area (Å²) in [5.41, 5.74) is 1.50. The molecule has 26 heavy (non-hydrogen) atoms. The van der Waals surface area contributed by atoms with Crippen LogP contribution in [0.1, 0.15) is 50.5 Å². The number of fused-ring (bicyclic) bond motifs is 2. The van der Waals surface area contributed by atoms with Crippen LogP contribution in [0.5, 0.6) is 0 Å². The van der Waals surface area contributed by atoms with Crippen molar-refractivity contribution in [1.29, 1.82) is 0 Å². The van der Waals surface area contributed by atoms with Gasteiger partial charge >= 0.3 is 0 Å². The summed E-state index contributed by atoms with van der Waals surface area (Å²) in [7, 11) is 0. The average molecular weight is 349 g/mol. The van der Waals surface area contributed by atoms with E-state index in [0.29, 0.717) is 0 Å². The molecule has 0 amide bonds. The van der Waals surface area contributed by atoms with Crippen molar-refractivity contribution in [3.05, 3.63) is 48.0 Å². The Hall–Kier alpha value is -1.38. The highest BCUT2D eigenvalue weighted by Gasteiger charge is 2.42. The van der Waals surface area contributed by atoms with Crippen molar-refractivity contribution in [2.75, 3.05) is 19.6 Å². The topological polar surface area (TPSA) is 6.48 Å². The third kappa shape index (κ3) is 3.18. The Bertz CT molecular complexity index is 749. The maximum atomic E-state index is 2.87. The highest BCUT2D eigenvalue weighted by Crippen LogP contribution is 2.38. The van der Waals surface area contributed by atoms with Crippen LogP contribution in [-0.4, -0.2) is 41.5 Å². The molecule has 1 saturated carbocycles. The standard InChI is InChI=1S/C24H32N2/c1-2-8-21(9-3-1)24-23-11-6-14-25(23)15-16-26(24)18-19-12-13-20-7-4-5-10-22(20)17-19/h4-5,7,10,12-13,17,21,23-24H,1-3,6,8-9,11,14-16,18H2/t23-,24+/m1/s1. The molecule has 0 unspecified atom stereocenters. The molecule has 0 bridgehead atoms. The largest absolute Gasteiger partial charge is 0.298 e. The third-order valence-corrected chi connectivity index (χ3v) is 7.24. The van der Waals surface area contributed by atoms with Gasteiger partial charge in [-0.1, -0.05) is 55.7 Å². The minimum atomic E-state index is 0.790. The second kappa shape index (κ2) is 7.32. The van der Waals surface area contributed by atoms with Crippen LogP contribution in [0.15, 0.2) is 42.5 Å². The van der Waals surface area contributed by atoms with E-state index in [1.165, 1.54) is 80.9 Å². The van der Waals surface area contributed by atoms with Crippen molar-refractivity contribution in [2.45, 2.75) is 63.6 Å². The molecule has 2 heterocycles. The van der Waals surface area contributed by atoms with E-state index >= 15 is 0 Å². The summed E-state index contributed by atoms with van der Waals surface area (Å²) in [6.45, 7) is 5.01. The van der Waals surface area contributed by atoms with Gasteiger partial charge in [0, 0.05) is 31.7 Å². The lowest BCUT2D eigenvalue weighted by atomic mass is 9.78. The second-order valence-corrected chi connectivity index (χ2v) is 8.79. The predicted molar refractivity (Wildman–Crippen MR) is 109 cm³/mol. The number of rotatable bonds is 3. The molecular formula is C24H32N2. The van der Waals surface area contributed by atoms with Gasteiger partial charge in [0.1, 0.15) is 0 Å². The summed E-state index contributed by atoms with van der Waals surface area (Å²) in [4.78, 5) is 5.68. The molecule has 2 aromatic carbocycles. The molecule has 0 spiro atoms. The van der Waals surface area contributed by atoms with E-state index in [0.717, 1.165) is 24.5 Å². The molecule has 0 aromatic heterocycles. The van der Waals surface area contributed by atoms with Gasteiger partial charge in [0.05, 0.1) is 0 Å². The van der Waals surface area contributed by atoms with Crippen LogP contribution in [0.25, 0.3) is 10.8 Å². The van der Waals surface area contributed by atoms with E-state index in [9.17, 15) is 0 Å². The number of piperazine rings is 1. The number of nitrogens with zero attached hydrogens (tertiary/aromatic N) is 2. The van der Waals surface area contributed by atoms with Crippen molar-refractivity contribution in [3.8, 4) is 0 Å². The first-order valence-electron chi connectivity index (χ1n) is 10.8. The van der Waals surface area contributed by atoms with Gasteiger partial charge < -0.3 is 0 Å². The normalized spacial score (nSPS) is 28.5. The molecule has 138 valence electrons. The van der Waals surface area contributed by atoms with Crippen molar-refractivity contribution >= 4 is 10.8 Å². The Morgan fingerprint density at radius 3 is 2.50 bits per heavy atom. The van der Waals surface area contributed by atoms with E-state index in [4.69, 9.17) is 0 Å². The second-order valence-electron chi connectivity index (χ2n) is 8.79. The first kappa shape index (κ1) is 16.8. The van der Waals surface area contributed by atoms with Crippen LogP contribution in [0.4, 0.5) is 0 Å². The lowest BCUT2D eigenvalue weighted by molar-refractivity contribution is -0.00377. The first-order chi connectivity index (χ1) is 12.9. The van der Waals surface area contributed by atoms with Gasteiger partial charge in [0.2, 0.25) is 0 Å². The average Bonchev–Trinajstić information content (AvgIpc) is 3.17. The van der Waals surface area contributed by atoms with Crippen LogP contribution >= 0.6 is 0 Å². The molecule has 3 aliphatic rings. The van der Waals surface area contributed by atoms with E-state index in [2.05, 4.69) is 52.3 Å². The highest BCUT2D eigenvalue weighted by molar-refractivity contribution is 5.82. The molecule has 1 aliphatic carbocycles. The molecule has 2 aliphatic heterocycles. The molecule has 2 aromatic rings. The maximum Gasteiger partial charge on any atom is 0.0283 e. The van der Waals surface area contributed by atoms with Crippen molar-refractivity contribution in [3.63, 3.8) is 0 Å². The molecule has 2 heteroatoms. The van der Waals surface area contributed by atoms with Crippen molar-refractivity contribution in [1.82, 2.24) is 9.80 Å². The van der Waals surface area contributed by atoms with E-state index in [-0.39, 0.29) is 0 Å². The summed E-state index contributed by atoms with van der Waals surface area (Å²) in [5, 5.41) is 2.75. The first-order valence-corrected chi connectivity index (χ1v) is 10.8. The fourth-order valence-corrected chi connectivity index (χ4v) is 6.01. The lowest BCUT2D eigenvalue weighted by Gasteiger charge is -2.49. The number of benzene rings is 2. The predicted octanol–water partition coefficient (Wildman–Crippen LogP) is 5.07. The van der Waals surface area contributed by atoms with Gasteiger partial charge in [-0.15, -0.1) is 0 Å². The quantitative estimate of drug-likeness (QED) is 0.764. The van der Waals surface area contributed by atoms with Crippen molar-refractivity contribution < 1.29 is 0 Å². The van der Waals surface area contributed by atoms with Gasteiger partial charge in [-0.2, -0.15) is 0 Å². The molecule has 0 radical (unpaired) electrons. The number of hydrogen-bond acceptors (Lipinski definition) is 2. The van der Waals surface area contributed by atoms with Crippen molar-refractivity contribution in [2.24, 2.45) is 5.92 Å². The molecule has 0 N–H and O–H groups in total. The SMILES string of the molecule is c1ccc2cc(CN3CCN4CCC[C@@H]4[C@@H]3C3CCCCC3)ccc2c1. The Morgan fingerprint density at radius 2 is 1.62 bits per heavy atom. The number of hydrogen-bond donors (Lipinski definition) is 0. The molecule has 2 saturated heterocycles. The van der Waals surface area contributed by atoms with Gasteiger partial charge in [0.15, 0.2) is 0 Å². The fourth-order valence-electron chi connectivity index (χ4n) is 6.01. The van der Waals surface area contributed by atoms with Crippen LogP contribution < -0.4 is 0 Å². The summed E-state index contributed by atoms with van der Waals surface area (Å²) in [6.07, 6.45) is 10.1. The van der Waals surface area contributed by atoms with Crippen LogP contribution in [0.2, 0.25) is 0 Å². The minimum absolute atomic E-state index is 0.790.